The van der Waals surface area contributed by atoms with Gasteiger partial charge in [-0.15, -0.1) is 0 Å². The van der Waals surface area contributed by atoms with E-state index in [2.05, 4.69) is 20.9 Å². The third-order valence-corrected chi connectivity index (χ3v) is 8.48. The number of hydrogen-bond donors (Lipinski definition) is 0. The summed E-state index contributed by atoms with van der Waals surface area (Å²) in [5.41, 5.74) is 0.579. The highest BCUT2D eigenvalue weighted by atomic mass is 19.2. The van der Waals surface area contributed by atoms with Crippen LogP contribution in [0.4, 0.5) is 13.6 Å². The average Bonchev–Trinajstić information content (AvgIpc) is 3.71. The first-order valence-electron chi connectivity index (χ1n) is 13.4. The zero-order valence-corrected chi connectivity index (χ0v) is 21.9. The fourth-order valence-electron chi connectivity index (χ4n) is 5.94. The lowest BCUT2D eigenvalue weighted by atomic mass is 9.81. The Kier molecular flexibility index (Phi) is 7.12. The van der Waals surface area contributed by atoms with Gasteiger partial charge in [-0.25, -0.2) is 13.6 Å². The van der Waals surface area contributed by atoms with Gasteiger partial charge in [0.05, 0.1) is 23.4 Å². The molecule has 4 aliphatic heterocycles. The van der Waals surface area contributed by atoms with Crippen molar-refractivity contribution in [3.05, 3.63) is 34.3 Å². The number of fused-ring (bicyclic) bond motifs is 1. The van der Waals surface area contributed by atoms with E-state index in [1.165, 1.54) is 12.1 Å². The molecule has 3 saturated heterocycles. The third-order valence-electron chi connectivity index (χ3n) is 8.48. The van der Waals surface area contributed by atoms with Crippen LogP contribution in [0.3, 0.4) is 0 Å². The Morgan fingerprint density at radius 1 is 1.14 bits per heavy atom. The second-order valence-electron chi connectivity index (χ2n) is 10.7. The summed E-state index contributed by atoms with van der Waals surface area (Å²) in [6.07, 6.45) is 1.25. The molecule has 0 radical (unpaired) electrons. The molecule has 3 atom stereocenters. The van der Waals surface area contributed by atoms with Crippen molar-refractivity contribution in [2.45, 2.75) is 45.9 Å². The van der Waals surface area contributed by atoms with Crippen LogP contribution >= 0.6 is 0 Å². The van der Waals surface area contributed by atoms with Crippen molar-refractivity contribution in [3.63, 3.8) is 0 Å². The summed E-state index contributed by atoms with van der Waals surface area (Å²) in [4.78, 5) is 25.6. The number of carbonyl (C=O) groups is 1. The number of carbonyl (C=O) groups excluding carboxylic acids is 1. The van der Waals surface area contributed by atoms with Gasteiger partial charge in [0, 0.05) is 75.3 Å². The molecule has 0 N–H and O–H groups in total. The molecule has 0 aromatic heterocycles. The first kappa shape index (κ1) is 25.9. The Balaban J connectivity index is 1.34. The average molecular weight is 515 g/mol. The molecule has 5 rings (SSSR count). The molecule has 4 heterocycles. The molecule has 2 amide bonds. The topological polar surface area (TPSA) is 78.7 Å². The third kappa shape index (κ3) is 4.91. The quantitative estimate of drug-likeness (QED) is 0.560. The summed E-state index contributed by atoms with van der Waals surface area (Å²) in [5.74, 6) is -1.86. The molecule has 1 aromatic carbocycles. The number of amides is 2. The molecular weight excluding hydrogens is 478 g/mol. The number of rotatable bonds is 5. The van der Waals surface area contributed by atoms with E-state index < -0.39 is 11.6 Å². The molecule has 8 nitrogen and oxygen atoms in total. The molecule has 0 aliphatic carbocycles. The van der Waals surface area contributed by atoms with Crippen LogP contribution < -0.4 is 10.6 Å². The number of hydrogen-bond acceptors (Lipinski definition) is 6. The molecular formula is C27H36F2N6O2. The smallest absolute Gasteiger partial charge is 0.320 e. The van der Waals surface area contributed by atoms with E-state index in [1.54, 1.807) is 0 Å². The Bertz CT molecular complexity index is 1200. The largest absolute Gasteiger partial charge is 0.374 e. The van der Waals surface area contributed by atoms with Crippen molar-refractivity contribution in [1.29, 1.82) is 5.26 Å². The first-order chi connectivity index (χ1) is 17.8. The second kappa shape index (κ2) is 10.2. The monoisotopic (exact) mass is 514 g/mol. The van der Waals surface area contributed by atoms with Gasteiger partial charge in [-0.3, -0.25) is 9.89 Å². The molecule has 10 heteroatoms. The molecule has 1 aromatic rings. The summed E-state index contributed by atoms with van der Waals surface area (Å²) >= 11 is 0. The van der Waals surface area contributed by atoms with Gasteiger partial charge in [-0.05, 0) is 39.7 Å². The zero-order valence-electron chi connectivity index (χ0n) is 21.9. The van der Waals surface area contributed by atoms with E-state index in [-0.39, 0.29) is 29.7 Å². The summed E-state index contributed by atoms with van der Waals surface area (Å²) in [6.45, 7) is 11.9. The Hall–Kier alpha value is -2.77. The van der Waals surface area contributed by atoms with Gasteiger partial charge in [0.15, 0.2) is 11.6 Å². The molecule has 3 unspecified atom stereocenters. The number of nitrogens with zero attached hydrogens (tertiary/aromatic N) is 6. The van der Waals surface area contributed by atoms with Crippen LogP contribution in [0.2, 0.25) is 0 Å². The summed E-state index contributed by atoms with van der Waals surface area (Å²) in [7, 11) is 0. The fourth-order valence-corrected chi connectivity index (χ4v) is 5.94. The first-order valence-corrected chi connectivity index (χ1v) is 13.4. The highest BCUT2D eigenvalue weighted by Crippen LogP contribution is 2.41. The van der Waals surface area contributed by atoms with E-state index in [0.29, 0.717) is 69.2 Å². The minimum Gasteiger partial charge on any atom is -0.374 e. The van der Waals surface area contributed by atoms with Gasteiger partial charge in [-0.1, -0.05) is 0 Å². The van der Waals surface area contributed by atoms with Crippen molar-refractivity contribution in [1.82, 2.24) is 19.6 Å². The normalized spacial score (nSPS) is 27.2. The number of piperidine rings is 1. The number of ether oxygens (including phenoxy) is 1. The van der Waals surface area contributed by atoms with Gasteiger partial charge >= 0.3 is 6.03 Å². The maximum absolute atomic E-state index is 14.4. The van der Waals surface area contributed by atoms with Crippen LogP contribution in [0.1, 0.15) is 33.6 Å². The van der Waals surface area contributed by atoms with E-state index in [1.807, 2.05) is 30.6 Å². The SMILES string of the molecule is CCN(CC)C(=O)N1CCN(C2OC2C2CN=c3cc(F)c(F)cc3=C2N2CCC(C)(C#N)CC2)CC1. The van der Waals surface area contributed by atoms with E-state index in [9.17, 15) is 18.8 Å². The number of nitriles is 1. The number of halogens is 2. The number of piperazine rings is 1. The Morgan fingerprint density at radius 3 is 2.41 bits per heavy atom. The minimum atomic E-state index is -0.895. The molecule has 3 fully saturated rings. The van der Waals surface area contributed by atoms with Gasteiger partial charge < -0.3 is 19.4 Å². The van der Waals surface area contributed by atoms with Gasteiger partial charge in [0.2, 0.25) is 0 Å². The fraction of sp³-hybridized carbons (Fsp3) is 0.667. The van der Waals surface area contributed by atoms with Crippen LogP contribution in [-0.4, -0.2) is 96.9 Å². The standard InChI is InChI=1S/C27H36F2N6O2/c1-4-32(5-2)26(36)35-12-10-34(11-13-35)25-24(37-25)19-16-31-22-15-21(29)20(28)14-18(22)23(19)33-8-6-27(3,17-30)7-9-33/h14-15,19,24-25H,4-13,16H2,1-3H3. The molecule has 0 bridgehead atoms. The van der Waals surface area contributed by atoms with Crippen molar-refractivity contribution in [2.75, 3.05) is 58.9 Å². The molecule has 4 aliphatic rings. The number of likely N-dealkylation sites (tertiary alicyclic amines) is 1. The van der Waals surface area contributed by atoms with Crippen LogP contribution in [-0.2, 0) is 4.74 Å². The number of urea groups is 1. The molecule has 0 spiro atoms. The highest BCUT2D eigenvalue weighted by Gasteiger charge is 2.52. The maximum Gasteiger partial charge on any atom is 0.320 e. The summed E-state index contributed by atoms with van der Waals surface area (Å²) in [5, 5.41) is 10.7. The maximum atomic E-state index is 14.4. The number of benzene rings is 1. The molecule has 0 saturated carbocycles. The van der Waals surface area contributed by atoms with Crippen molar-refractivity contribution < 1.29 is 18.3 Å². The number of epoxide rings is 1. The lowest BCUT2D eigenvalue weighted by molar-refractivity contribution is 0.0890. The van der Waals surface area contributed by atoms with Crippen LogP contribution in [0.25, 0.3) is 5.70 Å². The highest BCUT2D eigenvalue weighted by molar-refractivity contribution is 5.74. The van der Waals surface area contributed by atoms with Gasteiger partial charge in [0.25, 0.3) is 0 Å². The van der Waals surface area contributed by atoms with E-state index >= 15 is 0 Å². The van der Waals surface area contributed by atoms with Crippen LogP contribution in [0.15, 0.2) is 17.1 Å². The van der Waals surface area contributed by atoms with Crippen molar-refractivity contribution >= 4 is 11.7 Å². The van der Waals surface area contributed by atoms with Gasteiger partial charge in [0.1, 0.15) is 12.3 Å². The van der Waals surface area contributed by atoms with Gasteiger partial charge in [-0.2, -0.15) is 5.26 Å². The minimum absolute atomic E-state index is 0.0795. The van der Waals surface area contributed by atoms with Crippen LogP contribution in [0, 0.1) is 34.3 Å². The van der Waals surface area contributed by atoms with Crippen LogP contribution in [0.5, 0.6) is 0 Å². The Labute approximate surface area is 216 Å². The molecule has 200 valence electrons. The zero-order chi connectivity index (χ0) is 26.3. The lowest BCUT2D eigenvalue weighted by Crippen LogP contribution is -2.54. The predicted molar refractivity (Wildman–Crippen MR) is 134 cm³/mol. The predicted octanol–water partition coefficient (Wildman–Crippen LogP) is 1.75. The van der Waals surface area contributed by atoms with Crippen molar-refractivity contribution in [3.8, 4) is 6.07 Å². The lowest BCUT2D eigenvalue weighted by Gasteiger charge is -2.40. The van der Waals surface area contributed by atoms with E-state index in [0.717, 1.165) is 18.8 Å². The second-order valence-corrected chi connectivity index (χ2v) is 10.7. The molecule has 37 heavy (non-hydrogen) atoms. The Morgan fingerprint density at radius 2 is 1.78 bits per heavy atom. The summed E-state index contributed by atoms with van der Waals surface area (Å²) < 4.78 is 34.6. The van der Waals surface area contributed by atoms with E-state index in [4.69, 9.17) is 4.74 Å². The van der Waals surface area contributed by atoms with Crippen molar-refractivity contribution in [2.24, 2.45) is 16.3 Å². The summed E-state index contributed by atoms with van der Waals surface area (Å²) in [6, 6.07) is 4.97.